The number of carboxylic acids is 1. The van der Waals surface area contributed by atoms with E-state index in [0.717, 1.165) is 17.9 Å². The van der Waals surface area contributed by atoms with Gasteiger partial charge in [-0.05, 0) is 61.3 Å². The second-order valence-electron chi connectivity index (χ2n) is 5.32. The van der Waals surface area contributed by atoms with Crippen molar-refractivity contribution in [1.29, 1.82) is 0 Å². The lowest BCUT2D eigenvalue weighted by molar-refractivity contribution is -0.297. The lowest BCUT2D eigenvalue weighted by Crippen LogP contribution is -2.18. The van der Waals surface area contributed by atoms with Gasteiger partial charge >= 0.3 is 0 Å². The molecule has 2 aliphatic carbocycles. The van der Waals surface area contributed by atoms with Crippen LogP contribution in [0, 0.1) is 24.6 Å². The van der Waals surface area contributed by atoms with Crippen molar-refractivity contribution in [3.05, 3.63) is 53.4 Å². The van der Waals surface area contributed by atoms with Crippen molar-refractivity contribution in [1.82, 2.24) is 0 Å². The minimum absolute atomic E-state index is 0.347. The number of halogens is 1. The van der Waals surface area contributed by atoms with Gasteiger partial charge < -0.3 is 9.90 Å². The molecule has 0 heterocycles. The zero-order valence-electron chi connectivity index (χ0n) is 11.5. The molecule has 2 unspecified atom stereocenters. The topological polar surface area (TPSA) is 40.1 Å². The maximum absolute atomic E-state index is 12.9. The number of fused-ring (bicyclic) bond motifs is 2. The number of hydrogen-bond donors (Lipinski definition) is 0. The minimum Gasteiger partial charge on any atom is -0.545 e. The normalized spacial score (nSPS) is 22.9. The van der Waals surface area contributed by atoms with Gasteiger partial charge in [0.1, 0.15) is 5.82 Å². The molecule has 2 nitrogen and oxygen atoms in total. The zero-order valence-corrected chi connectivity index (χ0v) is 11.5. The third kappa shape index (κ3) is 3.80. The van der Waals surface area contributed by atoms with Crippen molar-refractivity contribution in [2.75, 3.05) is 0 Å². The Labute approximate surface area is 118 Å². The molecular formula is C17H18FO2-. The van der Waals surface area contributed by atoms with Gasteiger partial charge in [0.05, 0.1) is 5.97 Å². The van der Waals surface area contributed by atoms with Crippen LogP contribution in [0.3, 0.4) is 0 Å². The van der Waals surface area contributed by atoms with Gasteiger partial charge in [-0.25, -0.2) is 4.39 Å². The fraction of sp³-hybridized carbons (Fsp3) is 0.353. The van der Waals surface area contributed by atoms with Gasteiger partial charge in [-0.1, -0.05) is 30.4 Å². The van der Waals surface area contributed by atoms with Crippen LogP contribution in [-0.2, 0) is 4.79 Å². The SMILES string of the molecule is C1=CC2CCC1C2.Cc1c(F)cccc1C=CC(=O)[O-]. The summed E-state index contributed by atoms with van der Waals surface area (Å²) in [6, 6.07) is 4.49. The van der Waals surface area contributed by atoms with Crippen LogP contribution in [0.2, 0.25) is 0 Å². The second-order valence-corrected chi connectivity index (χ2v) is 5.32. The molecular weight excluding hydrogens is 255 g/mol. The van der Waals surface area contributed by atoms with Crippen molar-refractivity contribution in [3.8, 4) is 0 Å². The lowest BCUT2D eigenvalue weighted by atomic mass is 10.1. The van der Waals surface area contributed by atoms with Crippen molar-refractivity contribution in [2.24, 2.45) is 11.8 Å². The van der Waals surface area contributed by atoms with Crippen LogP contribution in [0.15, 0.2) is 36.4 Å². The van der Waals surface area contributed by atoms with Crippen LogP contribution in [0.1, 0.15) is 30.4 Å². The molecule has 1 fully saturated rings. The summed E-state index contributed by atoms with van der Waals surface area (Å²) in [6.45, 7) is 1.59. The zero-order chi connectivity index (χ0) is 14.5. The van der Waals surface area contributed by atoms with Gasteiger partial charge in [-0.3, -0.25) is 0 Å². The predicted molar refractivity (Wildman–Crippen MR) is 75.1 cm³/mol. The number of benzene rings is 1. The summed E-state index contributed by atoms with van der Waals surface area (Å²) in [5.74, 6) is 0.346. The van der Waals surface area contributed by atoms with E-state index < -0.39 is 5.97 Å². The van der Waals surface area contributed by atoms with Crippen molar-refractivity contribution in [3.63, 3.8) is 0 Å². The van der Waals surface area contributed by atoms with Gasteiger partial charge in [-0.15, -0.1) is 0 Å². The van der Waals surface area contributed by atoms with Gasteiger partial charge in [-0.2, -0.15) is 0 Å². The third-order valence-corrected chi connectivity index (χ3v) is 3.88. The van der Waals surface area contributed by atoms with E-state index in [9.17, 15) is 14.3 Å². The number of carbonyl (C=O) groups is 1. The van der Waals surface area contributed by atoms with Crippen LogP contribution in [0.5, 0.6) is 0 Å². The van der Waals surface area contributed by atoms with E-state index in [4.69, 9.17) is 0 Å². The number of rotatable bonds is 2. The molecule has 3 rings (SSSR count). The van der Waals surface area contributed by atoms with Crippen molar-refractivity contribution in [2.45, 2.75) is 26.2 Å². The molecule has 1 aromatic rings. The molecule has 0 aliphatic heterocycles. The largest absolute Gasteiger partial charge is 0.545 e. The summed E-state index contributed by atoms with van der Waals surface area (Å²) in [4.78, 5) is 10.1. The van der Waals surface area contributed by atoms with E-state index in [-0.39, 0.29) is 5.82 Å². The average molecular weight is 273 g/mol. The number of allylic oxidation sites excluding steroid dienone is 2. The number of carboxylic acid groups (broad SMARTS) is 1. The molecule has 2 bridgehead atoms. The maximum atomic E-state index is 12.9. The van der Waals surface area contributed by atoms with E-state index in [0.29, 0.717) is 11.1 Å². The molecule has 0 amide bonds. The second kappa shape index (κ2) is 6.51. The predicted octanol–water partition coefficient (Wildman–Crippen LogP) is 2.87. The van der Waals surface area contributed by atoms with E-state index in [1.165, 1.54) is 37.5 Å². The van der Waals surface area contributed by atoms with Crippen LogP contribution in [0.4, 0.5) is 4.39 Å². The Morgan fingerprint density at radius 3 is 2.40 bits per heavy atom. The van der Waals surface area contributed by atoms with Crippen LogP contribution < -0.4 is 5.11 Å². The summed E-state index contributed by atoms with van der Waals surface area (Å²) in [5, 5.41) is 10.1. The van der Waals surface area contributed by atoms with Gasteiger partial charge in [0, 0.05) is 0 Å². The first-order valence-corrected chi connectivity index (χ1v) is 6.88. The Kier molecular flexibility index (Phi) is 4.72. The molecule has 0 radical (unpaired) electrons. The first-order valence-electron chi connectivity index (χ1n) is 6.88. The lowest BCUT2D eigenvalue weighted by Gasteiger charge is -2.00. The van der Waals surface area contributed by atoms with E-state index in [2.05, 4.69) is 12.2 Å². The quantitative estimate of drug-likeness (QED) is 0.614. The standard InChI is InChI=1S/C10H9FO2.C7H10/c1-7-8(5-6-10(12)13)3-2-4-9(7)11;1-2-7-4-3-6(1)5-7/h2-6H,1H3,(H,12,13);1-2,6-7H,3-5H2/p-1. The maximum Gasteiger partial charge on any atom is 0.126 e. The first kappa shape index (κ1) is 14.5. The van der Waals surface area contributed by atoms with E-state index >= 15 is 0 Å². The molecule has 106 valence electrons. The Morgan fingerprint density at radius 2 is 1.95 bits per heavy atom. The summed E-state index contributed by atoms with van der Waals surface area (Å²) in [5.41, 5.74) is 0.976. The summed E-state index contributed by atoms with van der Waals surface area (Å²) in [7, 11) is 0. The Hall–Kier alpha value is -1.90. The average Bonchev–Trinajstić information content (AvgIpc) is 3.06. The fourth-order valence-corrected chi connectivity index (χ4v) is 2.68. The van der Waals surface area contributed by atoms with Crippen molar-refractivity contribution < 1.29 is 14.3 Å². The molecule has 2 aliphatic rings. The van der Waals surface area contributed by atoms with E-state index in [1.54, 1.807) is 13.0 Å². The molecule has 3 heteroatoms. The van der Waals surface area contributed by atoms with Crippen molar-refractivity contribution >= 4 is 12.0 Å². The highest BCUT2D eigenvalue weighted by Crippen LogP contribution is 2.38. The molecule has 1 saturated carbocycles. The Morgan fingerprint density at radius 1 is 1.30 bits per heavy atom. The van der Waals surface area contributed by atoms with Crippen LogP contribution in [-0.4, -0.2) is 5.97 Å². The van der Waals surface area contributed by atoms with Crippen LogP contribution in [0.25, 0.3) is 6.08 Å². The Balaban J connectivity index is 0.000000173. The number of hydrogen-bond acceptors (Lipinski definition) is 2. The Bertz CT molecular complexity index is 534. The highest BCUT2D eigenvalue weighted by atomic mass is 19.1. The summed E-state index contributed by atoms with van der Waals surface area (Å²) < 4.78 is 12.9. The molecule has 0 N–H and O–H groups in total. The monoisotopic (exact) mass is 273 g/mol. The third-order valence-electron chi connectivity index (χ3n) is 3.88. The minimum atomic E-state index is -1.29. The van der Waals surface area contributed by atoms with E-state index in [1.807, 2.05) is 0 Å². The molecule has 20 heavy (non-hydrogen) atoms. The van der Waals surface area contributed by atoms with Gasteiger partial charge in [0.2, 0.25) is 0 Å². The summed E-state index contributed by atoms with van der Waals surface area (Å²) >= 11 is 0. The molecule has 0 aromatic heterocycles. The molecule has 0 saturated heterocycles. The summed E-state index contributed by atoms with van der Waals surface area (Å²) in [6.07, 6.45) is 11.4. The molecule has 2 atom stereocenters. The molecule has 1 aromatic carbocycles. The smallest absolute Gasteiger partial charge is 0.126 e. The van der Waals surface area contributed by atoms with Gasteiger partial charge in [0.25, 0.3) is 0 Å². The number of carbonyl (C=O) groups excluding carboxylic acids is 1. The first-order chi connectivity index (χ1) is 9.56. The number of aliphatic carboxylic acids is 1. The highest BCUT2D eigenvalue weighted by Gasteiger charge is 2.25. The molecule has 0 spiro atoms. The van der Waals surface area contributed by atoms with Gasteiger partial charge in [0.15, 0.2) is 0 Å². The fourth-order valence-electron chi connectivity index (χ4n) is 2.68. The van der Waals surface area contributed by atoms with Crippen LogP contribution >= 0.6 is 0 Å². The highest BCUT2D eigenvalue weighted by molar-refractivity contribution is 5.83.